The van der Waals surface area contributed by atoms with Gasteiger partial charge in [-0.3, -0.25) is 4.90 Å². The molecule has 1 aliphatic heterocycles. The van der Waals surface area contributed by atoms with E-state index in [4.69, 9.17) is 4.74 Å². The maximum atomic E-state index is 5.80. The molecule has 0 saturated carbocycles. The average Bonchev–Trinajstić information content (AvgIpc) is 2.93. The molecule has 1 aromatic heterocycles. The van der Waals surface area contributed by atoms with Crippen molar-refractivity contribution in [3.8, 4) is 5.75 Å². The number of rotatable bonds is 4. The summed E-state index contributed by atoms with van der Waals surface area (Å²) in [6, 6.07) is 18.6. The molecule has 0 radical (unpaired) electrons. The lowest BCUT2D eigenvalue weighted by Gasteiger charge is -2.26. The Kier molecular flexibility index (Phi) is 3.57. The van der Waals surface area contributed by atoms with E-state index in [0.29, 0.717) is 0 Å². The summed E-state index contributed by atoms with van der Waals surface area (Å²) in [4.78, 5) is 6.03. The predicted molar refractivity (Wildman–Crippen MR) is 89.2 cm³/mol. The monoisotopic (exact) mass is 292 g/mol. The van der Waals surface area contributed by atoms with E-state index in [9.17, 15) is 0 Å². The fourth-order valence-corrected chi connectivity index (χ4v) is 3.25. The molecule has 2 aromatic carbocycles. The second-order valence-electron chi connectivity index (χ2n) is 5.82. The normalized spacial score (nSPS) is 14.9. The van der Waals surface area contributed by atoms with Crippen LogP contribution >= 0.6 is 0 Å². The Labute approximate surface area is 130 Å². The lowest BCUT2D eigenvalue weighted by molar-refractivity contribution is 0.195. The summed E-state index contributed by atoms with van der Waals surface area (Å²) in [5, 5.41) is 1.39. The van der Waals surface area contributed by atoms with Crippen molar-refractivity contribution in [1.29, 1.82) is 0 Å². The number of hydrogen-bond acceptors (Lipinski definition) is 2. The summed E-state index contributed by atoms with van der Waals surface area (Å²) in [6.45, 7) is 3.79. The Hall–Kier alpha value is -2.26. The van der Waals surface area contributed by atoms with Crippen LogP contribution in [0, 0.1) is 0 Å². The van der Waals surface area contributed by atoms with Crippen LogP contribution < -0.4 is 4.74 Å². The maximum Gasteiger partial charge on any atom is 0.119 e. The Morgan fingerprint density at radius 2 is 1.82 bits per heavy atom. The summed E-state index contributed by atoms with van der Waals surface area (Å²) >= 11 is 0. The second-order valence-corrected chi connectivity index (χ2v) is 5.82. The van der Waals surface area contributed by atoms with Gasteiger partial charge < -0.3 is 9.72 Å². The topological polar surface area (TPSA) is 28.3 Å². The standard InChI is InChI=1S/C19H20N2O/c1-2-6-15(7-3-1)22-13-12-21-11-10-17-16-8-4-5-9-18(16)20-19(17)14-21/h1-9,20H,10-14H2. The van der Waals surface area contributed by atoms with Crippen LogP contribution in [0.3, 0.4) is 0 Å². The smallest absolute Gasteiger partial charge is 0.119 e. The number of nitrogens with one attached hydrogen (secondary N) is 1. The quantitative estimate of drug-likeness (QED) is 0.795. The molecule has 0 aliphatic carbocycles. The summed E-state index contributed by atoms with van der Waals surface area (Å²) < 4.78 is 5.80. The molecule has 4 rings (SSSR count). The first kappa shape index (κ1) is 13.4. The zero-order valence-corrected chi connectivity index (χ0v) is 12.6. The summed E-state index contributed by atoms with van der Waals surface area (Å²) in [7, 11) is 0. The third-order valence-corrected chi connectivity index (χ3v) is 4.38. The van der Waals surface area contributed by atoms with Gasteiger partial charge in [0.15, 0.2) is 0 Å². The predicted octanol–water partition coefficient (Wildman–Crippen LogP) is 3.61. The number of hydrogen-bond donors (Lipinski definition) is 1. The van der Waals surface area contributed by atoms with Crippen LogP contribution in [0.1, 0.15) is 11.3 Å². The first-order chi connectivity index (χ1) is 10.9. The Morgan fingerprint density at radius 3 is 2.73 bits per heavy atom. The Balaban J connectivity index is 1.40. The van der Waals surface area contributed by atoms with E-state index in [1.807, 2.05) is 30.3 Å². The third kappa shape index (κ3) is 2.60. The highest BCUT2D eigenvalue weighted by Crippen LogP contribution is 2.27. The molecule has 1 N–H and O–H groups in total. The average molecular weight is 292 g/mol. The first-order valence-corrected chi connectivity index (χ1v) is 7.89. The molecule has 1 aliphatic rings. The molecule has 0 amide bonds. The number of H-pyrrole nitrogens is 1. The first-order valence-electron chi connectivity index (χ1n) is 7.89. The summed E-state index contributed by atoms with van der Waals surface area (Å²) in [5.74, 6) is 0.950. The number of para-hydroxylation sites is 2. The van der Waals surface area contributed by atoms with E-state index in [-0.39, 0.29) is 0 Å². The minimum absolute atomic E-state index is 0.736. The Morgan fingerprint density at radius 1 is 1.00 bits per heavy atom. The molecule has 2 heterocycles. The number of benzene rings is 2. The summed E-state index contributed by atoms with van der Waals surface area (Å²) in [6.07, 6.45) is 1.12. The maximum absolute atomic E-state index is 5.80. The van der Waals surface area contributed by atoms with Crippen molar-refractivity contribution < 1.29 is 4.74 Å². The van der Waals surface area contributed by atoms with Crippen LogP contribution in [-0.2, 0) is 13.0 Å². The SMILES string of the molecule is c1ccc(OCCN2CCc3c([nH]c4ccccc34)C2)cc1. The van der Waals surface area contributed by atoms with Gasteiger partial charge in [-0.1, -0.05) is 36.4 Å². The molecule has 0 atom stereocenters. The Bertz CT molecular complexity index is 763. The minimum atomic E-state index is 0.736. The number of fused-ring (bicyclic) bond motifs is 3. The number of nitrogens with zero attached hydrogens (tertiary/aromatic N) is 1. The molecule has 0 fully saturated rings. The van der Waals surface area contributed by atoms with Crippen molar-refractivity contribution in [1.82, 2.24) is 9.88 Å². The molecule has 0 unspecified atom stereocenters. The van der Waals surface area contributed by atoms with Crippen molar-refractivity contribution in [3.05, 3.63) is 65.9 Å². The van der Waals surface area contributed by atoms with Crippen LogP contribution in [0.25, 0.3) is 10.9 Å². The molecule has 0 saturated heterocycles. The van der Waals surface area contributed by atoms with Gasteiger partial charge in [0.2, 0.25) is 0 Å². The van der Waals surface area contributed by atoms with E-state index in [2.05, 4.69) is 34.1 Å². The highest BCUT2D eigenvalue weighted by atomic mass is 16.5. The molecule has 0 spiro atoms. The van der Waals surface area contributed by atoms with Crippen LogP contribution in [0.15, 0.2) is 54.6 Å². The van der Waals surface area contributed by atoms with Gasteiger partial charge in [-0.05, 0) is 30.2 Å². The van der Waals surface area contributed by atoms with E-state index < -0.39 is 0 Å². The number of aromatic nitrogens is 1. The van der Waals surface area contributed by atoms with Crippen molar-refractivity contribution in [2.75, 3.05) is 19.7 Å². The zero-order chi connectivity index (χ0) is 14.8. The van der Waals surface area contributed by atoms with Crippen LogP contribution in [0.5, 0.6) is 5.75 Å². The fourth-order valence-electron chi connectivity index (χ4n) is 3.25. The van der Waals surface area contributed by atoms with E-state index >= 15 is 0 Å². The van der Waals surface area contributed by atoms with Gasteiger partial charge in [0.05, 0.1) is 0 Å². The molecular weight excluding hydrogens is 272 g/mol. The molecule has 3 aromatic rings. The molecule has 22 heavy (non-hydrogen) atoms. The molecule has 3 nitrogen and oxygen atoms in total. The van der Waals surface area contributed by atoms with Gasteiger partial charge in [0.1, 0.15) is 12.4 Å². The van der Waals surface area contributed by atoms with Crippen LogP contribution in [-0.4, -0.2) is 29.6 Å². The van der Waals surface area contributed by atoms with Gasteiger partial charge in [0, 0.05) is 36.2 Å². The van der Waals surface area contributed by atoms with Gasteiger partial charge in [-0.15, -0.1) is 0 Å². The lowest BCUT2D eigenvalue weighted by atomic mass is 10.0. The van der Waals surface area contributed by atoms with Crippen LogP contribution in [0.2, 0.25) is 0 Å². The lowest BCUT2D eigenvalue weighted by Crippen LogP contribution is -2.33. The number of ether oxygens (including phenoxy) is 1. The summed E-state index contributed by atoms with van der Waals surface area (Å²) in [5.41, 5.74) is 4.12. The third-order valence-electron chi connectivity index (χ3n) is 4.38. The second kappa shape index (κ2) is 5.85. The molecule has 3 heteroatoms. The van der Waals surface area contributed by atoms with Gasteiger partial charge >= 0.3 is 0 Å². The van der Waals surface area contributed by atoms with Crippen molar-refractivity contribution >= 4 is 10.9 Å². The minimum Gasteiger partial charge on any atom is -0.492 e. The zero-order valence-electron chi connectivity index (χ0n) is 12.6. The molecule has 0 bridgehead atoms. The largest absolute Gasteiger partial charge is 0.492 e. The van der Waals surface area contributed by atoms with E-state index in [1.54, 1.807) is 0 Å². The van der Waals surface area contributed by atoms with Crippen molar-refractivity contribution in [2.45, 2.75) is 13.0 Å². The van der Waals surface area contributed by atoms with Gasteiger partial charge in [0.25, 0.3) is 0 Å². The van der Waals surface area contributed by atoms with Gasteiger partial charge in [-0.25, -0.2) is 0 Å². The van der Waals surface area contributed by atoms with Crippen molar-refractivity contribution in [3.63, 3.8) is 0 Å². The fraction of sp³-hybridized carbons (Fsp3) is 0.263. The van der Waals surface area contributed by atoms with E-state index in [0.717, 1.165) is 38.4 Å². The number of aromatic amines is 1. The van der Waals surface area contributed by atoms with Crippen LogP contribution in [0.4, 0.5) is 0 Å². The van der Waals surface area contributed by atoms with Crippen molar-refractivity contribution in [2.24, 2.45) is 0 Å². The highest BCUT2D eigenvalue weighted by Gasteiger charge is 2.19. The van der Waals surface area contributed by atoms with Gasteiger partial charge in [-0.2, -0.15) is 0 Å². The molecular formula is C19H20N2O. The van der Waals surface area contributed by atoms with E-state index in [1.165, 1.54) is 22.2 Å². The highest BCUT2D eigenvalue weighted by molar-refractivity contribution is 5.84. The molecule has 112 valence electrons.